The van der Waals surface area contributed by atoms with Gasteiger partial charge in [0.1, 0.15) is 17.5 Å². The van der Waals surface area contributed by atoms with Gasteiger partial charge in [-0.3, -0.25) is 4.79 Å². The predicted molar refractivity (Wildman–Crippen MR) is 167 cm³/mol. The van der Waals surface area contributed by atoms with Gasteiger partial charge in [-0.2, -0.15) is 0 Å². The number of ether oxygens (including phenoxy) is 2. The van der Waals surface area contributed by atoms with E-state index < -0.39 is 35.6 Å². The van der Waals surface area contributed by atoms with Gasteiger partial charge < -0.3 is 29.6 Å². The van der Waals surface area contributed by atoms with Gasteiger partial charge in [-0.15, -0.1) is 13.2 Å². The van der Waals surface area contributed by atoms with Gasteiger partial charge in [-0.05, 0) is 75.1 Å². The van der Waals surface area contributed by atoms with Crippen LogP contribution in [0.4, 0.5) is 24.5 Å². The summed E-state index contributed by atoms with van der Waals surface area (Å²) in [5.74, 6) is -1.57. The van der Waals surface area contributed by atoms with Crippen molar-refractivity contribution in [3.8, 4) is 11.5 Å². The van der Waals surface area contributed by atoms with E-state index in [1.54, 1.807) is 55.5 Å². The lowest BCUT2D eigenvalue weighted by Crippen LogP contribution is -2.44. The number of alkyl halides is 3. The Hall–Kier alpha value is -4.45. The fourth-order valence-corrected chi connectivity index (χ4v) is 5.76. The third kappa shape index (κ3) is 6.86. The van der Waals surface area contributed by atoms with E-state index >= 15 is 0 Å². The molecule has 1 heterocycles. The molecule has 0 aromatic heterocycles. The van der Waals surface area contributed by atoms with Gasteiger partial charge in [0.05, 0.1) is 18.5 Å². The summed E-state index contributed by atoms with van der Waals surface area (Å²) in [6.07, 6.45) is -2.33. The second-order valence-electron chi connectivity index (χ2n) is 11.9. The molecule has 13 heteroatoms. The summed E-state index contributed by atoms with van der Waals surface area (Å²) in [4.78, 5) is 32.8. The molecule has 0 radical (unpaired) electrons. The van der Waals surface area contributed by atoms with Crippen molar-refractivity contribution in [1.82, 2.24) is 0 Å². The molecule has 9 nitrogen and oxygen atoms in total. The number of hydrogen-bond acceptors (Lipinski definition) is 7. The zero-order valence-electron chi connectivity index (χ0n) is 25.6. The lowest BCUT2D eigenvalue weighted by molar-refractivity contribution is -0.274. The molecule has 1 atom stereocenters. The molecule has 3 aromatic rings. The molecular weight excluding hydrogens is 627 g/mol. The van der Waals surface area contributed by atoms with Gasteiger partial charge in [0.2, 0.25) is 5.60 Å². The molecule has 244 valence electrons. The molecule has 0 bridgehead atoms. The molecule has 1 fully saturated rings. The molecule has 2 N–H and O–H groups in total. The van der Waals surface area contributed by atoms with Crippen molar-refractivity contribution in [3.05, 3.63) is 82.4 Å². The van der Waals surface area contributed by atoms with Gasteiger partial charge >= 0.3 is 12.3 Å². The van der Waals surface area contributed by atoms with Crippen LogP contribution in [-0.4, -0.2) is 48.3 Å². The second kappa shape index (κ2) is 12.4. The number of anilines is 2. The zero-order chi connectivity index (χ0) is 33.4. The average Bonchev–Trinajstić information content (AvgIpc) is 3.33. The Morgan fingerprint density at radius 2 is 1.74 bits per heavy atom. The van der Waals surface area contributed by atoms with Crippen LogP contribution in [0.5, 0.6) is 11.5 Å². The number of benzene rings is 3. The third-order valence-corrected chi connectivity index (χ3v) is 8.60. The molecule has 46 heavy (non-hydrogen) atoms. The van der Waals surface area contributed by atoms with Crippen molar-refractivity contribution < 1.29 is 42.2 Å². The maximum Gasteiger partial charge on any atom is 0.573 e. The third-order valence-electron chi connectivity index (χ3n) is 8.35. The zero-order valence-corrected chi connectivity index (χ0v) is 26.3. The van der Waals surface area contributed by atoms with Gasteiger partial charge in [0.15, 0.2) is 0 Å². The van der Waals surface area contributed by atoms with E-state index in [1.165, 1.54) is 38.0 Å². The molecule has 2 aliphatic rings. The maximum atomic E-state index is 14.5. The molecule has 0 saturated heterocycles. The highest BCUT2D eigenvalue weighted by atomic mass is 35.5. The smallest absolute Gasteiger partial charge is 0.497 e. The van der Waals surface area contributed by atoms with E-state index in [0.717, 1.165) is 24.8 Å². The van der Waals surface area contributed by atoms with Crippen LogP contribution >= 0.6 is 11.6 Å². The van der Waals surface area contributed by atoms with E-state index in [-0.39, 0.29) is 5.41 Å². The Kier molecular flexibility index (Phi) is 8.87. The minimum atomic E-state index is -4.89. The largest absolute Gasteiger partial charge is 0.573 e. The van der Waals surface area contributed by atoms with E-state index in [4.69, 9.17) is 21.2 Å². The lowest BCUT2D eigenvalue weighted by atomic mass is 9.66. The first kappa shape index (κ1) is 32.9. The molecule has 1 spiro atoms. The highest BCUT2D eigenvalue weighted by molar-refractivity contribution is 6.30. The molecule has 5 rings (SSSR count). The van der Waals surface area contributed by atoms with E-state index in [9.17, 15) is 27.9 Å². The number of halogens is 4. The Labute approximate surface area is 268 Å². The number of carbonyl (C=O) groups excluding carboxylic acids is 1. The minimum absolute atomic E-state index is 0.314. The number of oxime groups is 1. The summed E-state index contributed by atoms with van der Waals surface area (Å²) in [6.45, 7) is 4.69. The van der Waals surface area contributed by atoms with Crippen LogP contribution in [0.3, 0.4) is 0 Å². The fourth-order valence-electron chi connectivity index (χ4n) is 5.63. The van der Waals surface area contributed by atoms with Gasteiger partial charge in [0, 0.05) is 40.4 Å². The number of carboxylic acid groups (broad SMARTS) is 1. The van der Waals surface area contributed by atoms with Crippen LogP contribution in [0.15, 0.2) is 65.8 Å². The van der Waals surface area contributed by atoms with Crippen molar-refractivity contribution in [2.75, 3.05) is 23.9 Å². The Morgan fingerprint density at radius 3 is 2.33 bits per heavy atom. The molecule has 1 unspecified atom stereocenters. The molecule has 3 aromatic carbocycles. The maximum absolute atomic E-state index is 14.5. The summed E-state index contributed by atoms with van der Waals surface area (Å²) in [5, 5.41) is 17.1. The number of carbonyl (C=O) groups is 2. The average molecular weight is 660 g/mol. The fraction of sp³-hybridized carbons (Fsp3) is 0.364. The van der Waals surface area contributed by atoms with Crippen LogP contribution < -0.4 is 19.7 Å². The van der Waals surface area contributed by atoms with Crippen LogP contribution in [0.2, 0.25) is 5.02 Å². The number of fused-ring (bicyclic) bond motifs is 2. The van der Waals surface area contributed by atoms with E-state index in [1.807, 2.05) is 0 Å². The van der Waals surface area contributed by atoms with Gasteiger partial charge in [-0.1, -0.05) is 41.4 Å². The molecule has 1 amide bonds. The Morgan fingerprint density at radius 1 is 1.04 bits per heavy atom. The highest BCUT2D eigenvalue weighted by Crippen LogP contribution is 2.54. The van der Waals surface area contributed by atoms with Crippen molar-refractivity contribution >= 4 is 40.6 Å². The Balaban J connectivity index is 1.53. The number of nitrogens with one attached hydrogen (secondary N) is 1. The summed E-state index contributed by atoms with van der Waals surface area (Å²) < 4.78 is 49.1. The highest BCUT2D eigenvalue weighted by Gasteiger charge is 2.50. The first-order valence-electron chi connectivity index (χ1n) is 14.5. The topological polar surface area (TPSA) is 110 Å². The van der Waals surface area contributed by atoms with E-state index in [2.05, 4.69) is 15.2 Å². The molecule has 1 aliphatic heterocycles. The monoisotopic (exact) mass is 659 g/mol. The summed E-state index contributed by atoms with van der Waals surface area (Å²) >= 11 is 6.16. The van der Waals surface area contributed by atoms with Crippen LogP contribution in [0.25, 0.3) is 0 Å². The quantitative estimate of drug-likeness (QED) is 0.172. The second-order valence-corrected chi connectivity index (χ2v) is 12.4. The predicted octanol–water partition coefficient (Wildman–Crippen LogP) is 7.47. The number of amides is 1. The van der Waals surface area contributed by atoms with E-state index in [0.29, 0.717) is 45.5 Å². The summed E-state index contributed by atoms with van der Waals surface area (Å²) in [6, 6.07) is 14.9. The number of hydrogen-bond donors (Lipinski definition) is 2. The molecule has 1 aliphatic carbocycles. The summed E-state index contributed by atoms with van der Waals surface area (Å²) in [5.41, 5.74) is 1.18. The van der Waals surface area contributed by atoms with Crippen molar-refractivity contribution in [1.29, 1.82) is 0 Å². The van der Waals surface area contributed by atoms with Gasteiger partial charge in [0.25, 0.3) is 5.91 Å². The normalized spacial score (nSPS) is 16.3. The number of rotatable bonds is 10. The van der Waals surface area contributed by atoms with Crippen molar-refractivity contribution in [2.45, 2.75) is 63.5 Å². The number of methoxy groups -OCH3 is 1. The lowest BCUT2D eigenvalue weighted by Gasteiger charge is -2.39. The summed E-state index contributed by atoms with van der Waals surface area (Å²) in [7, 11) is 1.47. The number of nitrogens with zero attached hydrogens (tertiary/aromatic N) is 2. The minimum Gasteiger partial charge on any atom is -0.497 e. The Bertz CT molecular complexity index is 1670. The first-order valence-corrected chi connectivity index (χ1v) is 14.9. The number of aliphatic carboxylic acids is 1. The van der Waals surface area contributed by atoms with Crippen molar-refractivity contribution in [3.63, 3.8) is 0 Å². The SMILES string of the molecule is COc1cc(NC(C(=O)N2CC3(CCC3)c3ccc(OC(F)(F)F)cc32)c2ccc(Cl)cc2)cc(C(C)=NOC(C)(C)C(=O)O)c1. The van der Waals surface area contributed by atoms with Gasteiger partial charge in [-0.25, -0.2) is 4.79 Å². The van der Waals surface area contributed by atoms with Crippen LogP contribution in [0, 0.1) is 0 Å². The van der Waals surface area contributed by atoms with Crippen molar-refractivity contribution in [2.24, 2.45) is 5.16 Å². The molecule has 1 saturated carbocycles. The van der Waals surface area contributed by atoms with Crippen LogP contribution in [0.1, 0.15) is 62.8 Å². The number of carboxylic acids is 1. The standard InChI is InChI=1S/C33H33ClF3N3O6/c1-19(39-46-31(2,3)30(42)43)21-14-23(16-25(15-21)44-4)38-28(20-6-8-22(34)9-7-20)29(41)40-18-32(12-5-13-32)26-11-10-24(17-27(26)40)45-33(35,36)37/h6-11,14-17,28,38H,5,12-13,18H2,1-4H3,(H,42,43). The van der Waals surface area contributed by atoms with Crippen LogP contribution in [-0.2, 0) is 19.8 Å². The first-order chi connectivity index (χ1) is 21.6. The molecular formula is C33H33ClF3N3O6.